The molecule has 0 aliphatic heterocycles. The number of hydrogen-bond donors (Lipinski definition) is 2. The first-order valence-corrected chi connectivity index (χ1v) is 8.20. The van der Waals surface area contributed by atoms with Crippen molar-refractivity contribution in [2.24, 2.45) is 0 Å². The molecule has 2 aromatic carbocycles. The molecule has 0 spiro atoms. The summed E-state index contributed by atoms with van der Waals surface area (Å²) in [5.41, 5.74) is 1.47. The highest BCUT2D eigenvalue weighted by atomic mass is 16.5. The molecule has 2 aromatic heterocycles. The van der Waals surface area contributed by atoms with E-state index >= 15 is 0 Å². The first kappa shape index (κ1) is 16.5. The van der Waals surface area contributed by atoms with E-state index in [1.165, 1.54) is 16.9 Å². The Balaban J connectivity index is 1.40. The second-order valence-electron chi connectivity index (χ2n) is 5.74. The third-order valence-corrected chi connectivity index (χ3v) is 3.86. The van der Waals surface area contributed by atoms with Crippen LogP contribution in [0.5, 0.6) is 5.75 Å². The third kappa shape index (κ3) is 3.69. The molecule has 0 radical (unpaired) electrons. The number of fused-ring (bicyclic) bond motifs is 1. The van der Waals surface area contributed by atoms with Gasteiger partial charge in [-0.2, -0.15) is 4.52 Å². The Morgan fingerprint density at radius 2 is 1.89 bits per heavy atom. The van der Waals surface area contributed by atoms with Crippen LogP contribution in [-0.4, -0.2) is 25.5 Å². The van der Waals surface area contributed by atoms with Crippen LogP contribution in [0.3, 0.4) is 0 Å². The molecule has 0 saturated heterocycles. The molecule has 134 valence electrons. The number of ether oxygens (including phenoxy) is 1. The van der Waals surface area contributed by atoms with E-state index in [1.54, 1.807) is 36.4 Å². The number of carbonyl (C=O) groups is 1. The fourth-order valence-electron chi connectivity index (χ4n) is 2.53. The zero-order valence-corrected chi connectivity index (χ0v) is 14.1. The molecule has 0 unspecified atom stereocenters. The van der Waals surface area contributed by atoms with Crippen molar-refractivity contribution < 1.29 is 9.53 Å². The minimum absolute atomic E-state index is 0.133. The average Bonchev–Trinajstić information content (AvgIpc) is 3.17. The van der Waals surface area contributed by atoms with Gasteiger partial charge < -0.3 is 10.1 Å². The van der Waals surface area contributed by atoms with Crippen molar-refractivity contribution in [3.8, 4) is 5.75 Å². The third-order valence-electron chi connectivity index (χ3n) is 3.86. The van der Waals surface area contributed by atoms with Crippen LogP contribution < -0.4 is 15.6 Å². The largest absolute Gasteiger partial charge is 0.487 e. The van der Waals surface area contributed by atoms with E-state index in [2.05, 4.69) is 20.4 Å². The Labute approximate surface area is 153 Å². The van der Waals surface area contributed by atoms with Crippen molar-refractivity contribution in [3.63, 3.8) is 0 Å². The summed E-state index contributed by atoms with van der Waals surface area (Å²) in [6.07, 6.45) is 1.40. The normalized spacial score (nSPS) is 10.7. The van der Waals surface area contributed by atoms with Gasteiger partial charge in [0, 0.05) is 17.3 Å². The van der Waals surface area contributed by atoms with E-state index in [0.29, 0.717) is 28.5 Å². The number of rotatable bonds is 5. The summed E-state index contributed by atoms with van der Waals surface area (Å²) in [6.45, 7) is 0.133. The summed E-state index contributed by atoms with van der Waals surface area (Å²) in [7, 11) is 0. The van der Waals surface area contributed by atoms with Gasteiger partial charge in [-0.25, -0.2) is 9.97 Å². The van der Waals surface area contributed by atoms with Crippen molar-refractivity contribution in [1.29, 1.82) is 0 Å². The number of aromatic nitrogens is 4. The lowest BCUT2D eigenvalue weighted by Crippen LogP contribution is -2.16. The van der Waals surface area contributed by atoms with Crippen LogP contribution in [-0.2, 0) is 6.61 Å². The lowest BCUT2D eigenvalue weighted by Gasteiger charge is -2.08. The van der Waals surface area contributed by atoms with Crippen molar-refractivity contribution in [2.45, 2.75) is 6.61 Å². The zero-order chi connectivity index (χ0) is 18.6. The molecule has 0 saturated carbocycles. The lowest BCUT2D eigenvalue weighted by molar-refractivity contribution is 0.102. The van der Waals surface area contributed by atoms with Gasteiger partial charge in [-0.15, -0.1) is 0 Å². The molecular formula is C19H15N5O3. The highest BCUT2D eigenvalue weighted by Gasteiger charge is 2.07. The lowest BCUT2D eigenvalue weighted by atomic mass is 10.2. The number of H-pyrrole nitrogens is 1. The highest BCUT2D eigenvalue weighted by Crippen LogP contribution is 2.17. The molecular weight excluding hydrogens is 346 g/mol. The van der Waals surface area contributed by atoms with E-state index in [1.807, 2.05) is 18.2 Å². The maximum Gasteiger partial charge on any atom is 0.274 e. The quantitative estimate of drug-likeness (QED) is 0.568. The summed E-state index contributed by atoms with van der Waals surface area (Å²) in [5, 5.41) is 5.50. The Kier molecular flexibility index (Phi) is 4.36. The van der Waals surface area contributed by atoms with Crippen molar-refractivity contribution in [1.82, 2.24) is 19.6 Å². The van der Waals surface area contributed by atoms with Crippen molar-refractivity contribution in [2.75, 3.05) is 5.32 Å². The molecule has 27 heavy (non-hydrogen) atoms. The molecule has 0 atom stereocenters. The SMILES string of the molecule is O=C(Nc1ccc(OCc2cc(=O)n3[nH]cnc3n2)cc1)c1ccccc1. The van der Waals surface area contributed by atoms with Gasteiger partial charge in [-0.1, -0.05) is 18.2 Å². The van der Waals surface area contributed by atoms with Crippen LogP contribution in [0.25, 0.3) is 5.78 Å². The van der Waals surface area contributed by atoms with Gasteiger partial charge in [0.05, 0.1) is 5.69 Å². The predicted octanol–water partition coefficient (Wildman–Crippen LogP) is 2.25. The Morgan fingerprint density at radius 1 is 1.11 bits per heavy atom. The maximum atomic E-state index is 12.1. The number of nitrogens with zero attached hydrogens (tertiary/aromatic N) is 3. The number of benzene rings is 2. The molecule has 4 rings (SSSR count). The summed E-state index contributed by atoms with van der Waals surface area (Å²) in [6, 6.07) is 17.3. The molecule has 0 aliphatic rings. The van der Waals surface area contributed by atoms with E-state index < -0.39 is 0 Å². The van der Waals surface area contributed by atoms with Crippen molar-refractivity contribution >= 4 is 17.4 Å². The average molecular weight is 361 g/mol. The summed E-state index contributed by atoms with van der Waals surface area (Å²) < 4.78 is 6.90. The van der Waals surface area contributed by atoms with E-state index in [4.69, 9.17) is 4.74 Å². The van der Waals surface area contributed by atoms with Crippen LogP contribution >= 0.6 is 0 Å². The molecule has 0 aliphatic carbocycles. The van der Waals surface area contributed by atoms with Crippen LogP contribution in [0, 0.1) is 0 Å². The Hall–Kier alpha value is -3.94. The van der Waals surface area contributed by atoms with Gasteiger partial charge >= 0.3 is 0 Å². The molecule has 2 heterocycles. The molecule has 0 fully saturated rings. The van der Waals surface area contributed by atoms with Gasteiger partial charge in [-0.05, 0) is 36.4 Å². The molecule has 1 amide bonds. The first-order valence-electron chi connectivity index (χ1n) is 8.20. The predicted molar refractivity (Wildman–Crippen MR) is 98.8 cm³/mol. The summed E-state index contributed by atoms with van der Waals surface area (Å²) >= 11 is 0. The number of anilines is 1. The van der Waals surface area contributed by atoms with Crippen LogP contribution in [0.1, 0.15) is 16.1 Å². The minimum Gasteiger partial charge on any atom is -0.487 e. The molecule has 8 heteroatoms. The second kappa shape index (κ2) is 7.12. The summed E-state index contributed by atoms with van der Waals surface area (Å²) in [4.78, 5) is 32.2. The Morgan fingerprint density at radius 3 is 2.67 bits per heavy atom. The fraction of sp³-hybridized carbons (Fsp3) is 0.0526. The van der Waals surface area contributed by atoms with Gasteiger partial charge in [0.2, 0.25) is 0 Å². The van der Waals surface area contributed by atoms with E-state index in [-0.39, 0.29) is 18.1 Å². The number of amides is 1. The van der Waals surface area contributed by atoms with Crippen LogP contribution in [0.4, 0.5) is 5.69 Å². The Bertz CT molecular complexity index is 1130. The second-order valence-corrected chi connectivity index (χ2v) is 5.74. The number of nitrogens with one attached hydrogen (secondary N) is 2. The van der Waals surface area contributed by atoms with Gasteiger partial charge in [0.15, 0.2) is 0 Å². The molecule has 4 aromatic rings. The van der Waals surface area contributed by atoms with Crippen LogP contribution in [0.15, 0.2) is 71.8 Å². The van der Waals surface area contributed by atoms with E-state index in [9.17, 15) is 9.59 Å². The maximum absolute atomic E-state index is 12.1. The standard InChI is InChI=1S/C19H15N5O3/c25-17-10-15(23-19-20-12-21-24(17)19)11-27-16-8-6-14(7-9-16)22-18(26)13-4-2-1-3-5-13/h1-10,12H,11H2,(H,22,26)(H,20,21,23). The minimum atomic E-state index is -0.255. The number of carbonyl (C=O) groups excluding carboxylic acids is 1. The number of hydrogen-bond acceptors (Lipinski definition) is 5. The fourth-order valence-corrected chi connectivity index (χ4v) is 2.53. The monoisotopic (exact) mass is 361 g/mol. The smallest absolute Gasteiger partial charge is 0.274 e. The zero-order valence-electron chi connectivity index (χ0n) is 14.1. The molecule has 8 nitrogen and oxygen atoms in total. The van der Waals surface area contributed by atoms with Crippen molar-refractivity contribution in [3.05, 3.63) is 88.6 Å². The molecule has 2 N–H and O–H groups in total. The van der Waals surface area contributed by atoms with E-state index in [0.717, 1.165) is 0 Å². The first-order chi connectivity index (χ1) is 13.2. The van der Waals surface area contributed by atoms with Gasteiger partial charge in [0.25, 0.3) is 17.2 Å². The van der Waals surface area contributed by atoms with Gasteiger partial charge in [0.1, 0.15) is 18.7 Å². The topological polar surface area (TPSA) is 101 Å². The summed E-state index contributed by atoms with van der Waals surface area (Å²) in [5.74, 6) is 0.707. The molecule has 0 bridgehead atoms. The van der Waals surface area contributed by atoms with Crippen LogP contribution in [0.2, 0.25) is 0 Å². The highest BCUT2D eigenvalue weighted by molar-refractivity contribution is 6.04. The number of aromatic amines is 1. The van der Waals surface area contributed by atoms with Gasteiger partial charge in [-0.3, -0.25) is 14.7 Å².